The summed E-state index contributed by atoms with van der Waals surface area (Å²) >= 11 is 2.28. The molecule has 0 saturated carbocycles. The fraction of sp³-hybridized carbons (Fsp3) is 0.100. The molecule has 0 aliphatic rings. The Kier molecular flexibility index (Phi) is 2.45. The van der Waals surface area contributed by atoms with Gasteiger partial charge in [-0.2, -0.15) is 5.10 Å². The maximum atomic E-state index is 5.68. The van der Waals surface area contributed by atoms with Gasteiger partial charge in [-0.3, -0.25) is 0 Å². The number of hydrogen-bond donors (Lipinski definition) is 1. The third kappa shape index (κ3) is 1.75. The maximum Gasteiger partial charge on any atom is 0.148 e. The average molecular weight is 299 g/mol. The van der Waals surface area contributed by atoms with Crippen molar-refractivity contribution in [2.75, 3.05) is 5.73 Å². The van der Waals surface area contributed by atoms with Crippen molar-refractivity contribution in [2.24, 2.45) is 0 Å². The lowest BCUT2D eigenvalue weighted by Crippen LogP contribution is -1.96. The van der Waals surface area contributed by atoms with Crippen LogP contribution in [0, 0.1) is 10.5 Å². The average Bonchev–Trinajstić information content (AvgIpc) is 2.47. The molecular weight excluding hydrogens is 289 g/mol. The summed E-state index contributed by atoms with van der Waals surface area (Å²) in [6, 6.07) is 8.12. The summed E-state index contributed by atoms with van der Waals surface area (Å²) in [7, 11) is 0. The van der Waals surface area contributed by atoms with E-state index in [1.807, 2.05) is 31.3 Å². The monoisotopic (exact) mass is 299 g/mol. The highest BCUT2D eigenvalue weighted by atomic mass is 127. The van der Waals surface area contributed by atoms with E-state index in [2.05, 4.69) is 33.8 Å². The molecule has 0 fully saturated rings. The minimum absolute atomic E-state index is 0.587. The highest BCUT2D eigenvalue weighted by molar-refractivity contribution is 14.1. The normalized spacial score (nSPS) is 10.4. The van der Waals surface area contributed by atoms with Gasteiger partial charge in [0, 0.05) is 15.3 Å². The van der Waals surface area contributed by atoms with E-state index in [1.165, 1.54) is 3.57 Å². The summed E-state index contributed by atoms with van der Waals surface area (Å²) in [6.07, 6.45) is 1.93. The SMILES string of the molecule is Cc1cn(-c2cccc(I)c2)nc1N. The number of hydrogen-bond acceptors (Lipinski definition) is 2. The molecule has 1 aromatic carbocycles. The zero-order chi connectivity index (χ0) is 10.1. The molecule has 0 spiro atoms. The zero-order valence-corrected chi connectivity index (χ0v) is 9.89. The molecule has 0 amide bonds. The Hall–Kier alpha value is -1.04. The van der Waals surface area contributed by atoms with Gasteiger partial charge in [-0.25, -0.2) is 4.68 Å². The summed E-state index contributed by atoms with van der Waals surface area (Å²) in [6.45, 7) is 1.95. The van der Waals surface area contributed by atoms with E-state index in [0.29, 0.717) is 5.82 Å². The van der Waals surface area contributed by atoms with Crippen LogP contribution in [0.3, 0.4) is 0 Å². The minimum atomic E-state index is 0.587. The lowest BCUT2D eigenvalue weighted by molar-refractivity contribution is 0.884. The van der Waals surface area contributed by atoms with Crippen LogP contribution >= 0.6 is 22.6 Å². The van der Waals surface area contributed by atoms with Crippen LogP contribution in [-0.4, -0.2) is 9.78 Å². The minimum Gasteiger partial charge on any atom is -0.382 e. The fourth-order valence-electron chi connectivity index (χ4n) is 1.22. The van der Waals surface area contributed by atoms with Crippen molar-refractivity contribution < 1.29 is 0 Å². The van der Waals surface area contributed by atoms with Gasteiger partial charge in [-0.1, -0.05) is 6.07 Å². The van der Waals surface area contributed by atoms with Crippen LogP contribution < -0.4 is 5.73 Å². The van der Waals surface area contributed by atoms with Gasteiger partial charge in [0.15, 0.2) is 0 Å². The van der Waals surface area contributed by atoms with Crippen LogP contribution in [0.15, 0.2) is 30.5 Å². The largest absolute Gasteiger partial charge is 0.382 e. The number of benzene rings is 1. The molecule has 2 rings (SSSR count). The molecule has 0 aliphatic heterocycles. The molecule has 3 nitrogen and oxygen atoms in total. The van der Waals surface area contributed by atoms with Crippen molar-refractivity contribution in [3.8, 4) is 5.69 Å². The number of nitrogen functional groups attached to an aromatic ring is 1. The van der Waals surface area contributed by atoms with Crippen molar-refractivity contribution in [3.63, 3.8) is 0 Å². The first-order chi connectivity index (χ1) is 6.66. The highest BCUT2D eigenvalue weighted by Gasteiger charge is 2.02. The smallest absolute Gasteiger partial charge is 0.148 e. The first-order valence-corrected chi connectivity index (χ1v) is 5.32. The van der Waals surface area contributed by atoms with Crippen LogP contribution in [0.5, 0.6) is 0 Å². The van der Waals surface area contributed by atoms with Crippen LogP contribution in [0.1, 0.15) is 5.56 Å². The molecule has 2 N–H and O–H groups in total. The Bertz CT molecular complexity index is 443. The molecule has 0 radical (unpaired) electrons. The second-order valence-electron chi connectivity index (χ2n) is 3.12. The Morgan fingerprint density at radius 2 is 2.21 bits per heavy atom. The van der Waals surface area contributed by atoms with E-state index in [4.69, 9.17) is 5.73 Å². The fourth-order valence-corrected chi connectivity index (χ4v) is 1.75. The Balaban J connectivity index is 2.49. The van der Waals surface area contributed by atoms with E-state index in [0.717, 1.165) is 11.3 Å². The highest BCUT2D eigenvalue weighted by Crippen LogP contribution is 2.15. The van der Waals surface area contributed by atoms with Crippen molar-refractivity contribution in [1.29, 1.82) is 0 Å². The molecule has 4 heteroatoms. The second kappa shape index (κ2) is 3.61. The number of nitrogens with two attached hydrogens (primary N) is 1. The summed E-state index contributed by atoms with van der Waals surface area (Å²) in [4.78, 5) is 0. The quantitative estimate of drug-likeness (QED) is 0.822. The first-order valence-electron chi connectivity index (χ1n) is 4.24. The molecule has 0 saturated heterocycles. The number of aromatic nitrogens is 2. The van der Waals surface area contributed by atoms with Crippen molar-refractivity contribution >= 4 is 28.4 Å². The number of nitrogens with zero attached hydrogens (tertiary/aromatic N) is 2. The van der Waals surface area contributed by atoms with Gasteiger partial charge in [0.25, 0.3) is 0 Å². The van der Waals surface area contributed by atoms with E-state index in [1.54, 1.807) is 4.68 Å². The van der Waals surface area contributed by atoms with Crippen LogP contribution in [0.2, 0.25) is 0 Å². The first kappa shape index (κ1) is 9.51. The second-order valence-corrected chi connectivity index (χ2v) is 4.37. The predicted molar refractivity (Wildman–Crippen MR) is 65.4 cm³/mol. The predicted octanol–water partition coefficient (Wildman–Crippen LogP) is 2.37. The van der Waals surface area contributed by atoms with Crippen molar-refractivity contribution in [2.45, 2.75) is 6.92 Å². The molecule has 0 bridgehead atoms. The van der Waals surface area contributed by atoms with Crippen LogP contribution in [0.4, 0.5) is 5.82 Å². The van der Waals surface area contributed by atoms with Gasteiger partial charge < -0.3 is 5.73 Å². The van der Waals surface area contributed by atoms with Gasteiger partial charge in [0.1, 0.15) is 5.82 Å². The molecule has 1 aromatic heterocycles. The third-order valence-electron chi connectivity index (χ3n) is 2.01. The number of halogens is 1. The summed E-state index contributed by atoms with van der Waals surface area (Å²) in [5, 5.41) is 4.21. The van der Waals surface area contributed by atoms with Gasteiger partial charge in [-0.15, -0.1) is 0 Å². The lowest BCUT2D eigenvalue weighted by Gasteiger charge is -2.00. The van der Waals surface area contributed by atoms with Crippen LogP contribution in [0.25, 0.3) is 5.69 Å². The van der Waals surface area contributed by atoms with Gasteiger partial charge in [0.2, 0.25) is 0 Å². The maximum absolute atomic E-state index is 5.68. The lowest BCUT2D eigenvalue weighted by atomic mass is 10.3. The van der Waals surface area contributed by atoms with Crippen LogP contribution in [-0.2, 0) is 0 Å². The summed E-state index contributed by atoms with van der Waals surface area (Å²) in [5.74, 6) is 0.587. The van der Waals surface area contributed by atoms with Crippen molar-refractivity contribution in [1.82, 2.24) is 9.78 Å². The van der Waals surface area contributed by atoms with E-state index in [-0.39, 0.29) is 0 Å². The van der Waals surface area contributed by atoms with Gasteiger partial charge in [-0.05, 0) is 47.7 Å². The molecule has 0 aliphatic carbocycles. The van der Waals surface area contributed by atoms with Gasteiger partial charge >= 0.3 is 0 Å². The topological polar surface area (TPSA) is 43.8 Å². The van der Waals surface area contributed by atoms with E-state index < -0.39 is 0 Å². The molecule has 1 heterocycles. The van der Waals surface area contributed by atoms with E-state index in [9.17, 15) is 0 Å². The Labute approximate surface area is 96.1 Å². The molecular formula is C10H10IN3. The molecule has 0 unspecified atom stereocenters. The van der Waals surface area contributed by atoms with E-state index >= 15 is 0 Å². The number of aryl methyl sites for hydroxylation is 1. The molecule has 0 atom stereocenters. The van der Waals surface area contributed by atoms with Crippen molar-refractivity contribution in [3.05, 3.63) is 39.6 Å². The Morgan fingerprint density at radius 3 is 2.79 bits per heavy atom. The van der Waals surface area contributed by atoms with Gasteiger partial charge in [0.05, 0.1) is 5.69 Å². The number of anilines is 1. The number of rotatable bonds is 1. The summed E-state index contributed by atoms with van der Waals surface area (Å²) in [5.41, 5.74) is 7.72. The third-order valence-corrected chi connectivity index (χ3v) is 2.68. The standard InChI is InChI=1S/C10H10IN3/c1-7-6-14(13-10(7)12)9-4-2-3-8(11)5-9/h2-6H,1H3,(H2,12,13). The zero-order valence-electron chi connectivity index (χ0n) is 7.74. The molecule has 2 aromatic rings. The molecule has 72 valence electrons. The summed E-state index contributed by atoms with van der Waals surface area (Å²) < 4.78 is 2.99. The Morgan fingerprint density at radius 1 is 1.43 bits per heavy atom. The molecule has 14 heavy (non-hydrogen) atoms.